The Balaban J connectivity index is 1.99. The molecule has 0 radical (unpaired) electrons. The van der Waals surface area contributed by atoms with Gasteiger partial charge in [0.25, 0.3) is 5.91 Å². The van der Waals surface area contributed by atoms with Crippen molar-refractivity contribution in [2.75, 3.05) is 0 Å². The first kappa shape index (κ1) is 16.9. The number of thiazole rings is 1. The number of nitrogens with zero attached hydrogens (tertiary/aromatic N) is 2. The quantitative estimate of drug-likeness (QED) is 0.664. The molecule has 0 atom stereocenters. The topological polar surface area (TPSA) is 34.4 Å². The number of hydrogen-bond donors (Lipinski definition) is 0. The Kier molecular flexibility index (Phi) is 4.61. The molecule has 0 aliphatic rings. The minimum absolute atomic E-state index is 0.144. The van der Waals surface area contributed by atoms with Crippen LogP contribution in [-0.4, -0.2) is 10.5 Å². The van der Waals surface area contributed by atoms with E-state index in [9.17, 15) is 4.79 Å². The van der Waals surface area contributed by atoms with E-state index in [4.69, 9.17) is 11.6 Å². The summed E-state index contributed by atoms with van der Waals surface area (Å²) in [5.74, 6) is -0.144. The molecule has 3 rings (SSSR count). The van der Waals surface area contributed by atoms with Gasteiger partial charge in [0, 0.05) is 7.05 Å². The highest BCUT2D eigenvalue weighted by Gasteiger charge is 2.11. The number of carbonyl (C=O) groups is 1. The van der Waals surface area contributed by atoms with Crippen molar-refractivity contribution in [1.29, 1.82) is 0 Å². The number of hydrogen-bond acceptors (Lipinski definition) is 2. The van der Waals surface area contributed by atoms with Crippen LogP contribution in [0.4, 0.5) is 0 Å². The van der Waals surface area contributed by atoms with Crippen LogP contribution in [0.3, 0.4) is 0 Å². The zero-order valence-electron chi connectivity index (χ0n) is 14.2. The molecule has 24 heavy (non-hydrogen) atoms. The lowest BCUT2D eigenvalue weighted by Gasteiger charge is -2.03. The first-order chi connectivity index (χ1) is 11.4. The fourth-order valence-corrected chi connectivity index (χ4v) is 4.13. The van der Waals surface area contributed by atoms with Crippen LogP contribution in [-0.2, 0) is 18.3 Å². The second-order valence-electron chi connectivity index (χ2n) is 6.09. The van der Waals surface area contributed by atoms with Crippen molar-refractivity contribution in [3.05, 3.63) is 62.4 Å². The van der Waals surface area contributed by atoms with Gasteiger partial charge in [-0.25, -0.2) is 0 Å². The van der Waals surface area contributed by atoms with Crippen molar-refractivity contribution < 1.29 is 4.79 Å². The fourth-order valence-electron chi connectivity index (χ4n) is 2.75. The van der Waals surface area contributed by atoms with Gasteiger partial charge < -0.3 is 4.57 Å². The Morgan fingerprint density at radius 3 is 2.50 bits per heavy atom. The van der Waals surface area contributed by atoms with Crippen LogP contribution in [0.25, 0.3) is 10.2 Å². The molecule has 0 saturated heterocycles. The molecular weight excluding hydrogens is 340 g/mol. The van der Waals surface area contributed by atoms with Crippen LogP contribution in [0.15, 0.2) is 35.3 Å². The third-order valence-corrected chi connectivity index (χ3v) is 5.84. The first-order valence-corrected chi connectivity index (χ1v) is 8.94. The van der Waals surface area contributed by atoms with Gasteiger partial charge in [-0.05, 0) is 49.1 Å². The number of amides is 1. The summed E-state index contributed by atoms with van der Waals surface area (Å²) in [6.45, 7) is 6.15. The third kappa shape index (κ3) is 3.17. The summed E-state index contributed by atoms with van der Waals surface area (Å²) in [6.07, 6.45) is 0.308. The van der Waals surface area contributed by atoms with Crippen LogP contribution < -0.4 is 4.80 Å². The van der Waals surface area contributed by atoms with E-state index >= 15 is 0 Å². The molecule has 0 bridgehead atoms. The Morgan fingerprint density at radius 1 is 1.12 bits per heavy atom. The molecule has 3 aromatic rings. The van der Waals surface area contributed by atoms with Crippen LogP contribution >= 0.6 is 22.9 Å². The summed E-state index contributed by atoms with van der Waals surface area (Å²) in [4.78, 5) is 17.4. The van der Waals surface area contributed by atoms with E-state index in [1.807, 2.05) is 42.8 Å². The van der Waals surface area contributed by atoms with Gasteiger partial charge in [0.15, 0.2) is 4.80 Å². The second-order valence-corrected chi connectivity index (χ2v) is 7.47. The molecule has 0 unspecified atom stereocenters. The Labute approximate surface area is 150 Å². The zero-order chi connectivity index (χ0) is 17.4. The van der Waals surface area contributed by atoms with Crippen molar-refractivity contribution in [2.45, 2.75) is 27.2 Å². The monoisotopic (exact) mass is 358 g/mol. The molecule has 1 aromatic heterocycles. The molecule has 0 fully saturated rings. The van der Waals surface area contributed by atoms with Crippen molar-refractivity contribution in [3.8, 4) is 0 Å². The van der Waals surface area contributed by atoms with E-state index in [0.29, 0.717) is 16.2 Å². The van der Waals surface area contributed by atoms with E-state index in [0.717, 1.165) is 21.3 Å². The van der Waals surface area contributed by atoms with Gasteiger partial charge >= 0.3 is 0 Å². The number of aryl methyl sites for hydroxylation is 4. The maximum atomic E-state index is 12.4. The molecule has 0 N–H and O–H groups in total. The number of halogens is 1. The van der Waals surface area contributed by atoms with Crippen molar-refractivity contribution in [1.82, 2.24) is 4.57 Å². The predicted molar refractivity (Wildman–Crippen MR) is 101 cm³/mol. The minimum Gasteiger partial charge on any atom is -0.319 e. The van der Waals surface area contributed by atoms with Crippen LogP contribution in [0.1, 0.15) is 22.3 Å². The lowest BCUT2D eigenvalue weighted by atomic mass is 10.0. The van der Waals surface area contributed by atoms with Gasteiger partial charge in [0.1, 0.15) is 0 Å². The van der Waals surface area contributed by atoms with E-state index in [1.165, 1.54) is 22.5 Å². The molecule has 3 nitrogen and oxygen atoms in total. The SMILES string of the molecule is Cc1ccc(CC(=O)N=c2sc3c(Cl)ccc(C)c3n2C)cc1C. The molecule has 124 valence electrons. The highest BCUT2D eigenvalue weighted by Crippen LogP contribution is 2.28. The van der Waals surface area contributed by atoms with Crippen molar-refractivity contribution in [3.63, 3.8) is 0 Å². The zero-order valence-corrected chi connectivity index (χ0v) is 15.8. The highest BCUT2D eigenvalue weighted by molar-refractivity contribution is 7.17. The molecule has 2 aromatic carbocycles. The summed E-state index contributed by atoms with van der Waals surface area (Å²) < 4.78 is 2.91. The van der Waals surface area contributed by atoms with Gasteiger partial charge in [-0.2, -0.15) is 4.99 Å². The third-order valence-electron chi connectivity index (χ3n) is 4.25. The lowest BCUT2D eigenvalue weighted by molar-refractivity contribution is -0.117. The van der Waals surface area contributed by atoms with Gasteiger partial charge in [0.05, 0.1) is 21.7 Å². The van der Waals surface area contributed by atoms with Crippen molar-refractivity contribution in [2.24, 2.45) is 12.0 Å². The summed E-state index contributed by atoms with van der Waals surface area (Å²) in [7, 11) is 1.92. The number of carbonyl (C=O) groups excluding carboxylic acids is 1. The predicted octanol–water partition coefficient (Wildman–Crippen LogP) is 4.49. The average Bonchev–Trinajstić information content (AvgIpc) is 2.85. The molecule has 0 aliphatic carbocycles. The molecular formula is C19H19ClN2OS. The number of benzene rings is 2. The molecule has 0 aliphatic heterocycles. The highest BCUT2D eigenvalue weighted by atomic mass is 35.5. The summed E-state index contributed by atoms with van der Waals surface area (Å²) in [6, 6.07) is 9.95. The lowest BCUT2D eigenvalue weighted by Crippen LogP contribution is -2.14. The Morgan fingerprint density at radius 2 is 1.83 bits per heavy atom. The van der Waals surface area contributed by atoms with Gasteiger partial charge in [-0.1, -0.05) is 47.2 Å². The number of fused-ring (bicyclic) bond motifs is 1. The normalized spacial score (nSPS) is 12.1. The summed E-state index contributed by atoms with van der Waals surface area (Å²) in [5.41, 5.74) is 5.56. The smallest absolute Gasteiger partial charge is 0.252 e. The summed E-state index contributed by atoms with van der Waals surface area (Å²) in [5, 5.41) is 0.694. The van der Waals surface area contributed by atoms with Gasteiger partial charge in [0.2, 0.25) is 0 Å². The average molecular weight is 359 g/mol. The van der Waals surface area contributed by atoms with Crippen LogP contribution in [0.2, 0.25) is 5.02 Å². The maximum Gasteiger partial charge on any atom is 0.252 e. The van der Waals surface area contributed by atoms with Crippen LogP contribution in [0, 0.1) is 20.8 Å². The maximum absolute atomic E-state index is 12.4. The van der Waals surface area contributed by atoms with E-state index in [1.54, 1.807) is 0 Å². The molecule has 1 amide bonds. The fraction of sp³-hybridized carbons (Fsp3) is 0.263. The van der Waals surface area contributed by atoms with Crippen molar-refractivity contribution >= 4 is 39.1 Å². The largest absolute Gasteiger partial charge is 0.319 e. The van der Waals surface area contributed by atoms with E-state index in [2.05, 4.69) is 24.9 Å². The summed E-state index contributed by atoms with van der Waals surface area (Å²) >= 11 is 7.74. The number of aromatic nitrogens is 1. The first-order valence-electron chi connectivity index (χ1n) is 7.75. The van der Waals surface area contributed by atoms with Gasteiger partial charge in [-0.15, -0.1) is 0 Å². The second kappa shape index (κ2) is 6.54. The van der Waals surface area contributed by atoms with Gasteiger partial charge in [-0.3, -0.25) is 4.79 Å². The Bertz CT molecular complexity index is 1010. The molecule has 0 spiro atoms. The molecule has 5 heteroatoms. The molecule has 1 heterocycles. The Hall–Kier alpha value is -1.91. The number of rotatable bonds is 2. The standard InChI is InChI=1S/C19H19ClN2OS/c1-11-5-7-14(9-13(11)3)10-16(23)21-19-22(4)17-12(2)6-8-15(20)18(17)24-19/h5-9H,10H2,1-4H3. The van der Waals surface area contributed by atoms with E-state index < -0.39 is 0 Å². The van der Waals surface area contributed by atoms with Crippen LogP contribution in [0.5, 0.6) is 0 Å². The minimum atomic E-state index is -0.144. The van der Waals surface area contributed by atoms with E-state index in [-0.39, 0.29) is 5.91 Å². The molecule has 0 saturated carbocycles.